The van der Waals surface area contributed by atoms with Crippen LogP contribution in [0.5, 0.6) is 0 Å². The maximum absolute atomic E-state index is 8.84. The number of furan rings is 1. The lowest BCUT2D eigenvalue weighted by molar-refractivity contribution is 0.593. The van der Waals surface area contributed by atoms with Gasteiger partial charge in [0.1, 0.15) is 5.76 Å². The van der Waals surface area contributed by atoms with Crippen molar-refractivity contribution < 1.29 is 4.42 Å². The van der Waals surface area contributed by atoms with E-state index < -0.39 is 0 Å². The van der Waals surface area contributed by atoms with Crippen LogP contribution in [0.25, 0.3) is 33.9 Å². The normalized spacial score (nSPS) is 10.7. The van der Waals surface area contributed by atoms with Crippen molar-refractivity contribution in [1.82, 2.24) is 9.97 Å². The Morgan fingerprint density at radius 3 is 2.45 bits per heavy atom. The first kappa shape index (κ1) is 12.4. The number of fused-ring (bicyclic) bond motifs is 1. The number of aromatic amines is 1. The average Bonchev–Trinajstić information content (AvgIpc) is 3.21. The number of H-pyrrole nitrogens is 1. The van der Waals surface area contributed by atoms with E-state index in [9.17, 15) is 0 Å². The molecule has 104 valence electrons. The van der Waals surface area contributed by atoms with E-state index in [0.717, 1.165) is 22.4 Å². The van der Waals surface area contributed by atoms with Gasteiger partial charge in [0.25, 0.3) is 0 Å². The SMILES string of the molecule is N#Cc1ccc(-c2ccc(-c3nc4ccccc4[nH]3)o2)cc1. The molecular weight excluding hydrogens is 274 g/mol. The Kier molecular flexibility index (Phi) is 2.77. The minimum absolute atomic E-state index is 0.632. The van der Waals surface area contributed by atoms with Crippen molar-refractivity contribution in [2.75, 3.05) is 0 Å². The fourth-order valence-electron chi connectivity index (χ4n) is 2.40. The van der Waals surface area contributed by atoms with E-state index >= 15 is 0 Å². The van der Waals surface area contributed by atoms with Crippen LogP contribution in [0.4, 0.5) is 0 Å². The quantitative estimate of drug-likeness (QED) is 0.595. The van der Waals surface area contributed by atoms with Gasteiger partial charge in [-0.25, -0.2) is 4.98 Å². The third-order valence-electron chi connectivity index (χ3n) is 3.53. The van der Waals surface area contributed by atoms with E-state index in [1.165, 1.54) is 0 Å². The highest BCUT2D eigenvalue weighted by molar-refractivity contribution is 5.78. The third kappa shape index (κ3) is 2.05. The lowest BCUT2D eigenvalue weighted by atomic mass is 10.1. The Morgan fingerprint density at radius 2 is 1.68 bits per heavy atom. The van der Waals surface area contributed by atoms with Gasteiger partial charge in [-0.05, 0) is 48.5 Å². The van der Waals surface area contributed by atoms with Crippen LogP contribution in [0.15, 0.2) is 65.1 Å². The van der Waals surface area contributed by atoms with E-state index in [1.54, 1.807) is 12.1 Å². The van der Waals surface area contributed by atoms with E-state index in [4.69, 9.17) is 9.68 Å². The molecule has 22 heavy (non-hydrogen) atoms. The summed E-state index contributed by atoms with van der Waals surface area (Å²) in [7, 11) is 0. The molecule has 4 rings (SSSR count). The maximum atomic E-state index is 8.84. The lowest BCUT2D eigenvalue weighted by Crippen LogP contribution is -1.77. The maximum Gasteiger partial charge on any atom is 0.174 e. The molecule has 2 heterocycles. The van der Waals surface area contributed by atoms with Crippen molar-refractivity contribution in [3.8, 4) is 29.0 Å². The molecule has 0 saturated heterocycles. The van der Waals surface area contributed by atoms with Crippen LogP contribution in [0.3, 0.4) is 0 Å². The number of benzene rings is 2. The van der Waals surface area contributed by atoms with E-state index in [1.807, 2.05) is 48.5 Å². The monoisotopic (exact) mass is 285 g/mol. The van der Waals surface area contributed by atoms with Crippen LogP contribution in [0, 0.1) is 11.3 Å². The van der Waals surface area contributed by atoms with Crippen molar-refractivity contribution in [2.45, 2.75) is 0 Å². The third-order valence-corrected chi connectivity index (χ3v) is 3.53. The van der Waals surface area contributed by atoms with Crippen molar-refractivity contribution in [3.63, 3.8) is 0 Å². The Hall–Kier alpha value is -3.32. The van der Waals surface area contributed by atoms with Crippen LogP contribution in [0.1, 0.15) is 5.56 Å². The number of imidazole rings is 1. The van der Waals surface area contributed by atoms with Crippen LogP contribution in [-0.2, 0) is 0 Å². The van der Waals surface area contributed by atoms with Gasteiger partial charge in [0.2, 0.25) is 0 Å². The van der Waals surface area contributed by atoms with Gasteiger partial charge < -0.3 is 9.40 Å². The zero-order valence-electron chi connectivity index (χ0n) is 11.6. The van der Waals surface area contributed by atoms with Gasteiger partial charge in [0.05, 0.1) is 22.7 Å². The Labute approximate surface area is 126 Å². The van der Waals surface area contributed by atoms with Gasteiger partial charge in [0.15, 0.2) is 11.6 Å². The first-order chi connectivity index (χ1) is 10.8. The summed E-state index contributed by atoms with van der Waals surface area (Å²) < 4.78 is 5.88. The number of nitrogens with zero attached hydrogens (tertiary/aromatic N) is 2. The summed E-state index contributed by atoms with van der Waals surface area (Å²) in [6.45, 7) is 0. The predicted octanol–water partition coefficient (Wildman–Crippen LogP) is 4.36. The lowest BCUT2D eigenvalue weighted by Gasteiger charge is -1.96. The standard InChI is InChI=1S/C18H11N3O/c19-11-12-5-7-13(8-6-12)16-9-10-17(22-16)18-20-14-3-1-2-4-15(14)21-18/h1-10H,(H,20,21). The van der Waals surface area contributed by atoms with Gasteiger partial charge in [-0.3, -0.25) is 0 Å². The van der Waals surface area contributed by atoms with Gasteiger partial charge in [-0.2, -0.15) is 5.26 Å². The molecule has 0 aliphatic heterocycles. The number of para-hydroxylation sites is 2. The largest absolute Gasteiger partial charge is 0.453 e. The van der Waals surface area contributed by atoms with Crippen molar-refractivity contribution in [3.05, 3.63) is 66.2 Å². The van der Waals surface area contributed by atoms with Crippen molar-refractivity contribution in [1.29, 1.82) is 5.26 Å². The topological polar surface area (TPSA) is 65.6 Å². The van der Waals surface area contributed by atoms with E-state index in [-0.39, 0.29) is 0 Å². The van der Waals surface area contributed by atoms with Gasteiger partial charge in [0, 0.05) is 5.56 Å². The highest BCUT2D eigenvalue weighted by Crippen LogP contribution is 2.28. The fourth-order valence-corrected chi connectivity index (χ4v) is 2.40. The summed E-state index contributed by atoms with van der Waals surface area (Å²) in [6, 6.07) is 21.1. The number of hydrogen-bond acceptors (Lipinski definition) is 3. The molecule has 4 heteroatoms. The molecule has 2 aromatic carbocycles. The molecule has 0 radical (unpaired) electrons. The zero-order chi connectivity index (χ0) is 14.9. The van der Waals surface area contributed by atoms with E-state index in [0.29, 0.717) is 17.1 Å². The second-order valence-electron chi connectivity index (χ2n) is 4.96. The molecule has 0 amide bonds. The predicted molar refractivity (Wildman–Crippen MR) is 83.9 cm³/mol. The first-order valence-electron chi connectivity index (χ1n) is 6.89. The first-order valence-corrected chi connectivity index (χ1v) is 6.89. The van der Waals surface area contributed by atoms with Crippen LogP contribution in [-0.4, -0.2) is 9.97 Å². The molecule has 0 fully saturated rings. The minimum Gasteiger partial charge on any atom is -0.453 e. The molecule has 0 atom stereocenters. The zero-order valence-corrected chi connectivity index (χ0v) is 11.6. The molecule has 2 aromatic heterocycles. The molecule has 0 aliphatic rings. The van der Waals surface area contributed by atoms with Crippen molar-refractivity contribution in [2.24, 2.45) is 0 Å². The molecule has 0 aliphatic carbocycles. The second kappa shape index (κ2) is 4.90. The average molecular weight is 285 g/mol. The molecule has 0 spiro atoms. The Bertz CT molecular complexity index is 954. The number of aromatic nitrogens is 2. The van der Waals surface area contributed by atoms with E-state index in [2.05, 4.69) is 16.0 Å². The molecule has 1 N–H and O–H groups in total. The highest BCUT2D eigenvalue weighted by atomic mass is 16.3. The Morgan fingerprint density at radius 1 is 0.909 bits per heavy atom. The van der Waals surface area contributed by atoms with Crippen LogP contribution in [0.2, 0.25) is 0 Å². The number of nitrogens with one attached hydrogen (secondary N) is 1. The number of nitriles is 1. The van der Waals surface area contributed by atoms with Gasteiger partial charge in [-0.15, -0.1) is 0 Å². The number of hydrogen-bond donors (Lipinski definition) is 1. The molecule has 4 nitrogen and oxygen atoms in total. The second-order valence-corrected chi connectivity index (χ2v) is 4.96. The minimum atomic E-state index is 0.632. The molecule has 4 aromatic rings. The summed E-state index contributed by atoms with van der Waals surface area (Å²) in [4.78, 5) is 7.77. The smallest absolute Gasteiger partial charge is 0.174 e. The fraction of sp³-hybridized carbons (Fsp3) is 0. The summed E-state index contributed by atoms with van der Waals surface area (Å²) >= 11 is 0. The molecule has 0 saturated carbocycles. The van der Waals surface area contributed by atoms with Crippen LogP contribution < -0.4 is 0 Å². The summed E-state index contributed by atoms with van der Waals surface area (Å²) in [6.07, 6.45) is 0. The number of rotatable bonds is 2. The van der Waals surface area contributed by atoms with Crippen LogP contribution >= 0.6 is 0 Å². The van der Waals surface area contributed by atoms with Gasteiger partial charge >= 0.3 is 0 Å². The molecule has 0 bridgehead atoms. The van der Waals surface area contributed by atoms with Gasteiger partial charge in [-0.1, -0.05) is 12.1 Å². The summed E-state index contributed by atoms with van der Waals surface area (Å²) in [5.74, 6) is 2.15. The summed E-state index contributed by atoms with van der Waals surface area (Å²) in [5, 5.41) is 8.84. The Balaban J connectivity index is 1.72. The summed E-state index contributed by atoms with van der Waals surface area (Å²) in [5.41, 5.74) is 3.46. The molecular formula is C18H11N3O. The van der Waals surface area contributed by atoms with Crippen molar-refractivity contribution >= 4 is 11.0 Å². The molecule has 0 unspecified atom stereocenters. The highest BCUT2D eigenvalue weighted by Gasteiger charge is 2.10.